The van der Waals surface area contributed by atoms with E-state index in [1.807, 2.05) is 18.7 Å². The van der Waals surface area contributed by atoms with Gasteiger partial charge in [0, 0.05) is 36.3 Å². The first-order valence-electron chi connectivity index (χ1n) is 8.34. The van der Waals surface area contributed by atoms with E-state index in [1.165, 1.54) is 6.07 Å². The SMILES string of the molecule is CC(C)N1CC2(CCN(Cc3ncc(Br)cc3F)CC2)OCC1=O. The summed E-state index contributed by atoms with van der Waals surface area (Å²) in [5.41, 5.74) is 0.220. The van der Waals surface area contributed by atoms with Crippen LogP contribution in [0.3, 0.4) is 0 Å². The summed E-state index contributed by atoms with van der Waals surface area (Å²) in [6.07, 6.45) is 3.32. The van der Waals surface area contributed by atoms with E-state index >= 15 is 0 Å². The molecule has 2 aliphatic rings. The van der Waals surface area contributed by atoms with Gasteiger partial charge in [-0.05, 0) is 48.7 Å². The van der Waals surface area contributed by atoms with Crippen LogP contribution in [-0.2, 0) is 16.1 Å². The lowest BCUT2D eigenvalue weighted by atomic mass is 9.88. The highest BCUT2D eigenvalue weighted by atomic mass is 79.9. The number of carbonyl (C=O) groups is 1. The predicted molar refractivity (Wildman–Crippen MR) is 91.9 cm³/mol. The topological polar surface area (TPSA) is 45.7 Å². The van der Waals surface area contributed by atoms with Gasteiger partial charge in [0.2, 0.25) is 5.91 Å². The van der Waals surface area contributed by atoms with Crippen molar-refractivity contribution in [2.75, 3.05) is 26.2 Å². The molecule has 1 aromatic rings. The number of nitrogens with zero attached hydrogens (tertiary/aromatic N) is 3. The Morgan fingerprint density at radius 3 is 2.75 bits per heavy atom. The van der Waals surface area contributed by atoms with Gasteiger partial charge < -0.3 is 9.64 Å². The maximum absolute atomic E-state index is 13.9. The molecule has 0 saturated carbocycles. The van der Waals surface area contributed by atoms with Crippen molar-refractivity contribution >= 4 is 21.8 Å². The van der Waals surface area contributed by atoms with Crippen LogP contribution >= 0.6 is 15.9 Å². The number of hydrogen-bond acceptors (Lipinski definition) is 4. The van der Waals surface area contributed by atoms with Crippen LogP contribution in [0.15, 0.2) is 16.7 Å². The van der Waals surface area contributed by atoms with Crippen LogP contribution in [0, 0.1) is 5.82 Å². The minimum absolute atomic E-state index is 0.0687. The summed E-state index contributed by atoms with van der Waals surface area (Å²) in [4.78, 5) is 20.3. The number of pyridine rings is 1. The molecule has 0 aromatic carbocycles. The van der Waals surface area contributed by atoms with Crippen molar-refractivity contribution in [3.63, 3.8) is 0 Å². The first kappa shape index (κ1) is 17.8. The number of ether oxygens (including phenoxy) is 1. The molecular formula is C17H23BrFN3O2. The van der Waals surface area contributed by atoms with E-state index in [-0.39, 0.29) is 30.0 Å². The Bertz CT molecular complexity index is 618. The third-order valence-corrected chi connectivity index (χ3v) is 5.36. The molecule has 0 aliphatic carbocycles. The molecule has 2 fully saturated rings. The Hall–Kier alpha value is -1.05. The summed E-state index contributed by atoms with van der Waals surface area (Å²) in [5.74, 6) is -0.214. The first-order valence-corrected chi connectivity index (χ1v) is 9.13. The highest BCUT2D eigenvalue weighted by Gasteiger charge is 2.42. The van der Waals surface area contributed by atoms with E-state index in [2.05, 4.69) is 25.8 Å². The molecule has 1 aromatic heterocycles. The quantitative estimate of drug-likeness (QED) is 0.783. The van der Waals surface area contributed by atoms with E-state index in [4.69, 9.17) is 4.74 Å². The molecule has 2 aliphatic heterocycles. The average Bonchev–Trinajstić information content (AvgIpc) is 2.54. The fourth-order valence-corrected chi connectivity index (χ4v) is 3.71. The maximum Gasteiger partial charge on any atom is 0.248 e. The van der Waals surface area contributed by atoms with Crippen LogP contribution in [-0.4, -0.2) is 58.6 Å². The standard InChI is InChI=1S/C17H23BrFN3O2/c1-12(2)22-11-17(24-10-16(22)23)3-5-21(6-4-17)9-15-14(19)7-13(18)8-20-15/h7-8,12H,3-6,9-11H2,1-2H3. The molecule has 1 spiro atoms. The predicted octanol–water partition coefficient (Wildman–Crippen LogP) is 2.59. The summed E-state index contributed by atoms with van der Waals surface area (Å²) >= 11 is 3.23. The third-order valence-electron chi connectivity index (χ3n) is 4.93. The molecule has 2 saturated heterocycles. The molecule has 132 valence electrons. The van der Waals surface area contributed by atoms with Crippen LogP contribution < -0.4 is 0 Å². The van der Waals surface area contributed by atoms with Crippen LogP contribution in [0.1, 0.15) is 32.4 Å². The number of halogens is 2. The van der Waals surface area contributed by atoms with Crippen molar-refractivity contribution in [3.8, 4) is 0 Å². The highest BCUT2D eigenvalue weighted by Crippen LogP contribution is 2.32. The Labute approximate surface area is 150 Å². The van der Waals surface area contributed by atoms with Crippen molar-refractivity contribution in [2.24, 2.45) is 0 Å². The minimum atomic E-state index is -0.282. The molecule has 0 N–H and O–H groups in total. The van der Waals surface area contributed by atoms with Gasteiger partial charge in [0.15, 0.2) is 0 Å². The largest absolute Gasteiger partial charge is 0.363 e. The number of aromatic nitrogens is 1. The molecule has 5 nitrogen and oxygen atoms in total. The molecule has 0 unspecified atom stereocenters. The van der Waals surface area contributed by atoms with Gasteiger partial charge in [-0.15, -0.1) is 0 Å². The minimum Gasteiger partial charge on any atom is -0.363 e. The van der Waals surface area contributed by atoms with Gasteiger partial charge >= 0.3 is 0 Å². The molecule has 0 radical (unpaired) electrons. The van der Waals surface area contributed by atoms with E-state index < -0.39 is 0 Å². The Kier molecular flexibility index (Phi) is 5.22. The van der Waals surface area contributed by atoms with E-state index in [0.29, 0.717) is 23.3 Å². The molecule has 24 heavy (non-hydrogen) atoms. The number of hydrogen-bond donors (Lipinski definition) is 0. The summed E-state index contributed by atoms with van der Waals surface area (Å²) < 4.78 is 20.5. The van der Waals surface area contributed by atoms with Gasteiger partial charge in [0.05, 0.1) is 17.8 Å². The van der Waals surface area contributed by atoms with Crippen LogP contribution in [0.25, 0.3) is 0 Å². The number of morpholine rings is 1. The zero-order valence-corrected chi connectivity index (χ0v) is 15.7. The van der Waals surface area contributed by atoms with E-state index in [1.54, 1.807) is 6.20 Å². The van der Waals surface area contributed by atoms with E-state index in [0.717, 1.165) is 25.9 Å². The van der Waals surface area contributed by atoms with Gasteiger partial charge in [0.1, 0.15) is 12.4 Å². The number of rotatable bonds is 3. The highest BCUT2D eigenvalue weighted by molar-refractivity contribution is 9.10. The van der Waals surface area contributed by atoms with Crippen molar-refractivity contribution in [3.05, 3.63) is 28.2 Å². The number of likely N-dealkylation sites (tertiary alicyclic amines) is 1. The van der Waals surface area contributed by atoms with Gasteiger partial charge in [-0.25, -0.2) is 4.39 Å². The molecule has 3 rings (SSSR count). The maximum atomic E-state index is 13.9. The van der Waals surface area contributed by atoms with Crippen molar-refractivity contribution in [1.82, 2.24) is 14.8 Å². The average molecular weight is 400 g/mol. The normalized spacial score (nSPS) is 21.7. The summed E-state index contributed by atoms with van der Waals surface area (Å²) in [5, 5.41) is 0. The fraction of sp³-hybridized carbons (Fsp3) is 0.647. The van der Waals surface area contributed by atoms with Gasteiger partial charge in [-0.3, -0.25) is 14.7 Å². The lowest BCUT2D eigenvalue weighted by Gasteiger charge is -2.48. The van der Waals surface area contributed by atoms with Crippen molar-refractivity contribution in [2.45, 2.75) is 44.9 Å². The smallest absolute Gasteiger partial charge is 0.248 e. The molecule has 3 heterocycles. The summed E-state index contributed by atoms with van der Waals surface area (Å²) in [7, 11) is 0. The first-order chi connectivity index (χ1) is 11.4. The Balaban J connectivity index is 1.60. The number of piperidine rings is 1. The number of carbonyl (C=O) groups excluding carboxylic acids is 1. The Morgan fingerprint density at radius 2 is 2.12 bits per heavy atom. The van der Waals surface area contributed by atoms with E-state index in [9.17, 15) is 9.18 Å². The van der Waals surface area contributed by atoms with Crippen LogP contribution in [0.4, 0.5) is 4.39 Å². The van der Waals surface area contributed by atoms with Gasteiger partial charge in [-0.1, -0.05) is 0 Å². The van der Waals surface area contributed by atoms with Crippen LogP contribution in [0.2, 0.25) is 0 Å². The molecule has 0 bridgehead atoms. The second-order valence-corrected chi connectivity index (χ2v) is 7.86. The van der Waals surface area contributed by atoms with Crippen LogP contribution in [0.5, 0.6) is 0 Å². The van der Waals surface area contributed by atoms with Gasteiger partial charge in [0.25, 0.3) is 0 Å². The summed E-state index contributed by atoms with van der Waals surface area (Å²) in [6, 6.07) is 1.64. The fourth-order valence-electron chi connectivity index (χ4n) is 3.40. The monoisotopic (exact) mass is 399 g/mol. The zero-order chi connectivity index (χ0) is 17.3. The second kappa shape index (κ2) is 7.06. The summed E-state index contributed by atoms with van der Waals surface area (Å²) in [6.45, 7) is 7.03. The molecule has 7 heteroatoms. The Morgan fingerprint density at radius 1 is 1.42 bits per heavy atom. The number of amides is 1. The molecule has 1 amide bonds. The lowest BCUT2D eigenvalue weighted by Crippen LogP contribution is -2.60. The third kappa shape index (κ3) is 3.78. The lowest BCUT2D eigenvalue weighted by molar-refractivity contribution is -0.174. The molecule has 0 atom stereocenters. The van der Waals surface area contributed by atoms with Crippen molar-refractivity contribution < 1.29 is 13.9 Å². The van der Waals surface area contributed by atoms with Gasteiger partial charge in [-0.2, -0.15) is 0 Å². The van der Waals surface area contributed by atoms with Crippen molar-refractivity contribution in [1.29, 1.82) is 0 Å². The molecular weight excluding hydrogens is 377 g/mol. The second-order valence-electron chi connectivity index (χ2n) is 6.95. The zero-order valence-electron chi connectivity index (χ0n) is 14.1.